The zero-order chi connectivity index (χ0) is 16.1. The summed E-state index contributed by atoms with van der Waals surface area (Å²) in [6.45, 7) is 2.20. The normalized spacial score (nSPS) is 20.2. The molecule has 0 spiro atoms. The van der Waals surface area contributed by atoms with Crippen molar-refractivity contribution >= 4 is 56.0 Å². The number of aromatic nitrogens is 2. The van der Waals surface area contributed by atoms with Gasteiger partial charge in [0.25, 0.3) is 0 Å². The second-order valence-electron chi connectivity index (χ2n) is 5.26. The molecule has 0 saturated carbocycles. The lowest BCUT2D eigenvalue weighted by molar-refractivity contribution is 0.0782. The van der Waals surface area contributed by atoms with E-state index in [1.807, 2.05) is 6.26 Å². The van der Waals surface area contributed by atoms with Crippen LogP contribution < -0.4 is 9.64 Å². The van der Waals surface area contributed by atoms with Crippen molar-refractivity contribution in [3.63, 3.8) is 0 Å². The van der Waals surface area contributed by atoms with Gasteiger partial charge in [-0.05, 0) is 22.2 Å². The summed E-state index contributed by atoms with van der Waals surface area (Å²) in [5.74, 6) is 0.587. The second kappa shape index (κ2) is 5.91. The number of fused-ring (bicyclic) bond motifs is 2. The molecule has 1 atom stereocenters. The van der Waals surface area contributed by atoms with Crippen LogP contribution in [0.5, 0.6) is 5.75 Å². The molecule has 1 aromatic carbocycles. The third-order valence-corrected chi connectivity index (χ3v) is 5.87. The minimum absolute atomic E-state index is 0.0156. The molecular weight excluding hydrogens is 409 g/mol. The molecule has 1 saturated heterocycles. The number of thioether (sulfide) groups is 1. The monoisotopic (exact) mass is 419 g/mol. The Morgan fingerprint density at radius 1 is 1.39 bits per heavy atom. The van der Waals surface area contributed by atoms with E-state index in [1.165, 1.54) is 11.8 Å². The number of benzene rings is 1. The first-order valence-electron chi connectivity index (χ1n) is 7.01. The average molecular weight is 421 g/mol. The molecular formula is C14H12BrClFN3O2S. The SMILES string of the molecule is CSc1nc2c3c(c(Cl)c(Br)c(F)c3n1)OC[C@@H]1COCCN21. The highest BCUT2D eigenvalue weighted by Gasteiger charge is 2.34. The van der Waals surface area contributed by atoms with Gasteiger partial charge >= 0.3 is 0 Å². The first kappa shape index (κ1) is 15.7. The molecule has 0 aliphatic carbocycles. The Morgan fingerprint density at radius 3 is 3.00 bits per heavy atom. The molecule has 2 aromatic rings. The number of nitrogens with zero attached hydrogens (tertiary/aromatic N) is 3. The maximum Gasteiger partial charge on any atom is 0.189 e. The Balaban J connectivity index is 2.09. The van der Waals surface area contributed by atoms with E-state index in [9.17, 15) is 4.39 Å². The van der Waals surface area contributed by atoms with Crippen molar-refractivity contribution in [1.29, 1.82) is 0 Å². The van der Waals surface area contributed by atoms with Gasteiger partial charge in [0.15, 0.2) is 16.7 Å². The Labute approximate surface area is 149 Å². The fourth-order valence-corrected chi connectivity index (χ4v) is 3.85. The number of ether oxygens (including phenoxy) is 2. The molecule has 23 heavy (non-hydrogen) atoms. The minimum Gasteiger partial charge on any atom is -0.489 e. The molecule has 0 N–H and O–H groups in total. The van der Waals surface area contributed by atoms with E-state index >= 15 is 0 Å². The summed E-state index contributed by atoms with van der Waals surface area (Å²) in [5.41, 5.74) is 0.220. The van der Waals surface area contributed by atoms with E-state index < -0.39 is 5.82 Å². The number of rotatable bonds is 1. The van der Waals surface area contributed by atoms with Gasteiger partial charge in [0, 0.05) is 6.54 Å². The van der Waals surface area contributed by atoms with E-state index in [0.29, 0.717) is 48.5 Å². The standard InChI is InChI=1S/C14H12BrClFN3O2S/c1-23-14-18-11-7-12(9(16)8(15)10(11)17)22-5-6-4-21-3-2-20(6)13(7)19-14/h6H,2-5H2,1H3/t6-/m0/s1. The smallest absolute Gasteiger partial charge is 0.189 e. The molecule has 0 bridgehead atoms. The number of hydrogen-bond donors (Lipinski definition) is 0. The van der Waals surface area contributed by atoms with Crippen LogP contribution in [0.4, 0.5) is 10.2 Å². The van der Waals surface area contributed by atoms with Crippen LogP contribution in [0.3, 0.4) is 0 Å². The zero-order valence-corrected chi connectivity index (χ0v) is 15.3. The van der Waals surface area contributed by atoms with E-state index in [4.69, 9.17) is 21.1 Å². The van der Waals surface area contributed by atoms with Gasteiger partial charge in [-0.25, -0.2) is 14.4 Å². The number of morpholine rings is 1. The van der Waals surface area contributed by atoms with Crippen LogP contribution in [0.15, 0.2) is 9.63 Å². The van der Waals surface area contributed by atoms with Crippen LogP contribution in [0, 0.1) is 5.82 Å². The largest absolute Gasteiger partial charge is 0.489 e. The van der Waals surface area contributed by atoms with Gasteiger partial charge < -0.3 is 14.4 Å². The molecule has 2 aliphatic heterocycles. The van der Waals surface area contributed by atoms with Crippen molar-refractivity contribution in [2.24, 2.45) is 0 Å². The van der Waals surface area contributed by atoms with Gasteiger partial charge in [-0.1, -0.05) is 23.4 Å². The fourth-order valence-electron chi connectivity index (χ4n) is 2.89. The number of halogens is 3. The Bertz CT molecular complexity index is 810. The first-order valence-corrected chi connectivity index (χ1v) is 9.40. The van der Waals surface area contributed by atoms with Gasteiger partial charge in [0.05, 0.1) is 29.1 Å². The van der Waals surface area contributed by atoms with Crippen LogP contribution in [-0.2, 0) is 4.74 Å². The summed E-state index contributed by atoms with van der Waals surface area (Å²) in [7, 11) is 0. The predicted molar refractivity (Wildman–Crippen MR) is 91.4 cm³/mol. The Hall–Kier alpha value is -0.830. The summed E-state index contributed by atoms with van der Waals surface area (Å²) in [6.07, 6.45) is 1.86. The van der Waals surface area contributed by atoms with Crippen LogP contribution in [-0.4, -0.2) is 48.6 Å². The molecule has 4 rings (SSSR count). The third kappa shape index (κ3) is 2.38. The summed E-state index contributed by atoms with van der Waals surface area (Å²) < 4.78 is 26.3. The molecule has 2 aliphatic rings. The highest BCUT2D eigenvalue weighted by molar-refractivity contribution is 9.10. The highest BCUT2D eigenvalue weighted by Crippen LogP contribution is 2.46. The van der Waals surface area contributed by atoms with Crippen LogP contribution in [0.1, 0.15) is 0 Å². The molecule has 9 heteroatoms. The fraction of sp³-hybridized carbons (Fsp3) is 0.429. The van der Waals surface area contributed by atoms with E-state index in [-0.39, 0.29) is 21.1 Å². The van der Waals surface area contributed by atoms with Crippen LogP contribution in [0.25, 0.3) is 10.9 Å². The molecule has 122 valence electrons. The van der Waals surface area contributed by atoms with E-state index in [2.05, 4.69) is 30.8 Å². The van der Waals surface area contributed by atoms with Gasteiger partial charge in [0.1, 0.15) is 23.0 Å². The quantitative estimate of drug-likeness (QED) is 0.400. The lowest BCUT2D eigenvalue weighted by atomic mass is 10.1. The molecule has 5 nitrogen and oxygen atoms in total. The maximum atomic E-state index is 14.7. The summed E-state index contributed by atoms with van der Waals surface area (Å²) in [4.78, 5) is 11.0. The third-order valence-electron chi connectivity index (χ3n) is 3.99. The summed E-state index contributed by atoms with van der Waals surface area (Å²) in [6, 6.07) is 0.0156. The summed E-state index contributed by atoms with van der Waals surface area (Å²) >= 11 is 10.9. The molecule has 0 unspecified atom stereocenters. The maximum absolute atomic E-state index is 14.7. The van der Waals surface area contributed by atoms with Gasteiger partial charge in [-0.2, -0.15) is 0 Å². The zero-order valence-electron chi connectivity index (χ0n) is 12.1. The lowest BCUT2D eigenvalue weighted by Crippen LogP contribution is -2.48. The van der Waals surface area contributed by atoms with Crippen molar-refractivity contribution in [2.45, 2.75) is 11.2 Å². The second-order valence-corrected chi connectivity index (χ2v) is 7.21. The van der Waals surface area contributed by atoms with Crippen molar-refractivity contribution in [1.82, 2.24) is 9.97 Å². The molecule has 1 aromatic heterocycles. The lowest BCUT2D eigenvalue weighted by Gasteiger charge is -2.34. The molecule has 3 heterocycles. The highest BCUT2D eigenvalue weighted by atomic mass is 79.9. The van der Waals surface area contributed by atoms with Crippen LogP contribution in [0.2, 0.25) is 5.02 Å². The Kier molecular flexibility index (Phi) is 4.03. The van der Waals surface area contributed by atoms with Crippen molar-refractivity contribution < 1.29 is 13.9 Å². The first-order chi connectivity index (χ1) is 11.1. The van der Waals surface area contributed by atoms with Gasteiger partial charge in [0.2, 0.25) is 0 Å². The summed E-state index contributed by atoms with van der Waals surface area (Å²) in [5, 5.41) is 1.24. The number of anilines is 1. The van der Waals surface area contributed by atoms with E-state index in [0.717, 1.165) is 0 Å². The molecule has 0 amide bonds. The van der Waals surface area contributed by atoms with Crippen molar-refractivity contribution in [3.8, 4) is 5.75 Å². The van der Waals surface area contributed by atoms with E-state index in [1.54, 1.807) is 0 Å². The van der Waals surface area contributed by atoms with Gasteiger partial charge in [-0.3, -0.25) is 0 Å². The Morgan fingerprint density at radius 2 is 2.22 bits per heavy atom. The van der Waals surface area contributed by atoms with Gasteiger partial charge in [-0.15, -0.1) is 0 Å². The number of hydrogen-bond acceptors (Lipinski definition) is 6. The minimum atomic E-state index is -0.497. The average Bonchev–Trinajstić information content (AvgIpc) is 2.75. The predicted octanol–water partition coefficient (Wildman–Crippen LogP) is 3.50. The van der Waals surface area contributed by atoms with Crippen LogP contribution >= 0.6 is 39.3 Å². The molecule has 0 radical (unpaired) electrons. The van der Waals surface area contributed by atoms with Crippen molar-refractivity contribution in [3.05, 3.63) is 15.3 Å². The topological polar surface area (TPSA) is 47.5 Å². The van der Waals surface area contributed by atoms with Crippen molar-refractivity contribution in [2.75, 3.05) is 37.5 Å². The molecule has 1 fully saturated rings.